The van der Waals surface area contributed by atoms with Gasteiger partial charge in [-0.1, -0.05) is 46.9 Å². The average Bonchev–Trinajstić information content (AvgIpc) is 3.08. The molecule has 1 fully saturated rings. The number of amides is 2. The summed E-state index contributed by atoms with van der Waals surface area (Å²) in [5.74, 6) is 0.102. The molecule has 0 spiro atoms. The lowest BCUT2D eigenvalue weighted by Gasteiger charge is -2.24. The number of benzene rings is 3. The van der Waals surface area contributed by atoms with Crippen LogP contribution in [0.4, 0.5) is 11.4 Å². The number of hydrogen-bond acceptors (Lipinski definition) is 4. The number of nitrogens with one attached hydrogen (secondary N) is 1. The summed E-state index contributed by atoms with van der Waals surface area (Å²) in [7, 11) is 0. The van der Waals surface area contributed by atoms with Crippen molar-refractivity contribution in [3.05, 3.63) is 87.4 Å². The van der Waals surface area contributed by atoms with Crippen molar-refractivity contribution in [1.29, 1.82) is 0 Å². The molecule has 0 bridgehead atoms. The van der Waals surface area contributed by atoms with Crippen LogP contribution in [0, 0.1) is 0 Å². The number of hydrogen-bond donors (Lipinski definition) is 1. The predicted molar refractivity (Wildman–Crippen MR) is 153 cm³/mol. The first-order chi connectivity index (χ1) is 17.8. The molecule has 10 heteroatoms. The fourth-order valence-corrected chi connectivity index (χ4v) is 5.20. The summed E-state index contributed by atoms with van der Waals surface area (Å²) in [5, 5.41) is 4.70. The van der Waals surface area contributed by atoms with Gasteiger partial charge in [-0.15, -0.1) is 0 Å². The topological polar surface area (TPSA) is 61.9 Å². The molecule has 0 saturated carbocycles. The number of carbonyl (C=O) groups is 2. The van der Waals surface area contributed by atoms with Crippen LogP contribution in [0.25, 0.3) is 0 Å². The van der Waals surface area contributed by atoms with Gasteiger partial charge in [-0.2, -0.15) is 0 Å². The van der Waals surface area contributed by atoms with Crippen molar-refractivity contribution in [1.82, 2.24) is 4.90 Å². The van der Waals surface area contributed by atoms with Crippen molar-refractivity contribution in [3.63, 3.8) is 0 Å². The minimum absolute atomic E-state index is 0.0857. The normalized spacial score (nSPS) is 15.3. The Labute approximate surface area is 236 Å². The van der Waals surface area contributed by atoms with Gasteiger partial charge in [0.05, 0.1) is 18.7 Å². The van der Waals surface area contributed by atoms with Gasteiger partial charge in [0.15, 0.2) is 5.11 Å². The van der Waals surface area contributed by atoms with Crippen LogP contribution in [0.1, 0.15) is 18.9 Å². The number of ether oxygens (including phenoxy) is 1. The maximum atomic E-state index is 13.6. The van der Waals surface area contributed by atoms with Crippen molar-refractivity contribution < 1.29 is 14.3 Å². The van der Waals surface area contributed by atoms with E-state index in [9.17, 15) is 9.59 Å². The molecular formula is C27H24Cl3N3O3S. The Morgan fingerprint density at radius 1 is 1.03 bits per heavy atom. The van der Waals surface area contributed by atoms with Crippen molar-refractivity contribution in [3.8, 4) is 5.75 Å². The second-order valence-corrected chi connectivity index (χ2v) is 9.99. The molecule has 0 unspecified atom stereocenters. The minimum Gasteiger partial charge on any atom is -0.494 e. The molecule has 1 atom stereocenters. The third-order valence-electron chi connectivity index (χ3n) is 5.85. The summed E-state index contributed by atoms with van der Waals surface area (Å²) in [4.78, 5) is 29.8. The lowest BCUT2D eigenvalue weighted by Crippen LogP contribution is -2.39. The first-order valence-corrected chi connectivity index (χ1v) is 13.2. The van der Waals surface area contributed by atoms with Crippen LogP contribution in [-0.2, 0) is 16.0 Å². The Morgan fingerprint density at radius 3 is 2.43 bits per heavy atom. The Hall–Kier alpha value is -2.84. The number of thiocarbonyl (C=S) groups is 1. The monoisotopic (exact) mass is 575 g/mol. The summed E-state index contributed by atoms with van der Waals surface area (Å²) in [6.07, 6.45) is 0.418. The number of carbonyl (C=O) groups excluding carboxylic acids is 2. The Balaban J connectivity index is 1.54. The molecule has 192 valence electrons. The van der Waals surface area contributed by atoms with Crippen molar-refractivity contribution in [2.75, 3.05) is 23.4 Å². The molecule has 0 radical (unpaired) electrons. The average molecular weight is 577 g/mol. The lowest BCUT2D eigenvalue weighted by molar-refractivity contribution is -0.124. The highest BCUT2D eigenvalue weighted by molar-refractivity contribution is 7.80. The van der Waals surface area contributed by atoms with Gasteiger partial charge in [-0.05, 0) is 85.7 Å². The SMILES string of the molecule is CCOc1ccc(NC(=O)C[C@@H]2C(=O)N(c3cccc(Cl)c3)C(=S)N2CCc2ccc(Cl)cc2Cl)cc1. The van der Waals surface area contributed by atoms with E-state index in [0.29, 0.717) is 56.9 Å². The van der Waals surface area contributed by atoms with E-state index < -0.39 is 6.04 Å². The molecule has 3 aromatic carbocycles. The van der Waals surface area contributed by atoms with Crippen LogP contribution in [0.2, 0.25) is 15.1 Å². The highest BCUT2D eigenvalue weighted by Gasteiger charge is 2.44. The van der Waals surface area contributed by atoms with Gasteiger partial charge >= 0.3 is 0 Å². The number of rotatable bonds is 9. The van der Waals surface area contributed by atoms with Crippen LogP contribution < -0.4 is 15.0 Å². The molecule has 6 nitrogen and oxygen atoms in total. The summed E-state index contributed by atoms with van der Waals surface area (Å²) in [5.41, 5.74) is 2.01. The molecule has 0 aliphatic carbocycles. The van der Waals surface area contributed by atoms with E-state index in [1.807, 2.05) is 13.0 Å². The van der Waals surface area contributed by atoms with Gasteiger partial charge in [0.1, 0.15) is 11.8 Å². The lowest BCUT2D eigenvalue weighted by atomic mass is 10.1. The van der Waals surface area contributed by atoms with Crippen LogP contribution in [0.3, 0.4) is 0 Å². The van der Waals surface area contributed by atoms with Crippen LogP contribution in [0.15, 0.2) is 66.7 Å². The zero-order valence-electron chi connectivity index (χ0n) is 19.9. The molecule has 0 aromatic heterocycles. The van der Waals surface area contributed by atoms with E-state index in [1.54, 1.807) is 65.6 Å². The van der Waals surface area contributed by atoms with Gasteiger partial charge < -0.3 is 15.0 Å². The summed E-state index contributed by atoms with van der Waals surface area (Å²) < 4.78 is 5.44. The fourth-order valence-electron chi connectivity index (χ4n) is 4.09. The first-order valence-electron chi connectivity index (χ1n) is 11.6. The summed E-state index contributed by atoms with van der Waals surface area (Å²) in [6, 6.07) is 18.4. The summed E-state index contributed by atoms with van der Waals surface area (Å²) in [6.45, 7) is 2.83. The molecule has 3 aromatic rings. The molecule has 4 rings (SSSR count). The van der Waals surface area contributed by atoms with E-state index in [0.717, 1.165) is 5.56 Å². The number of halogens is 3. The minimum atomic E-state index is -0.791. The third kappa shape index (κ3) is 6.54. The Bertz CT molecular complexity index is 1320. The maximum absolute atomic E-state index is 13.6. The molecule has 37 heavy (non-hydrogen) atoms. The zero-order chi connectivity index (χ0) is 26.5. The second-order valence-electron chi connectivity index (χ2n) is 8.34. The van der Waals surface area contributed by atoms with Gasteiger partial charge in [0, 0.05) is 27.3 Å². The van der Waals surface area contributed by atoms with E-state index in [1.165, 1.54) is 4.90 Å². The Kier molecular flexibility index (Phi) is 8.92. The van der Waals surface area contributed by atoms with Gasteiger partial charge in [0.25, 0.3) is 5.91 Å². The summed E-state index contributed by atoms with van der Waals surface area (Å²) >= 11 is 24.3. The molecule has 1 N–H and O–H groups in total. The maximum Gasteiger partial charge on any atom is 0.256 e. The highest BCUT2D eigenvalue weighted by atomic mass is 35.5. The van der Waals surface area contributed by atoms with Gasteiger partial charge in [-0.25, -0.2) is 0 Å². The van der Waals surface area contributed by atoms with Gasteiger partial charge in [-0.3, -0.25) is 14.5 Å². The molecule has 1 aliphatic rings. The van der Waals surface area contributed by atoms with Crippen molar-refractivity contribution in [2.24, 2.45) is 0 Å². The van der Waals surface area contributed by atoms with E-state index in [-0.39, 0.29) is 18.2 Å². The largest absolute Gasteiger partial charge is 0.494 e. The van der Waals surface area contributed by atoms with Crippen LogP contribution >= 0.6 is 47.0 Å². The second kappa shape index (κ2) is 12.1. The molecule has 1 saturated heterocycles. The quantitative estimate of drug-likeness (QED) is 0.290. The van der Waals surface area contributed by atoms with E-state index in [2.05, 4.69) is 5.32 Å². The smallest absolute Gasteiger partial charge is 0.256 e. The highest BCUT2D eigenvalue weighted by Crippen LogP contribution is 2.30. The standard InChI is InChI=1S/C27H24Cl3N3O3S/c1-2-36-22-10-8-20(9-11-22)31-25(34)16-24-26(35)33(21-5-3-4-18(28)14-21)27(37)32(24)13-12-17-6-7-19(29)15-23(17)30/h3-11,14-15,24H,2,12-13,16H2,1H3,(H,31,34)/t24-/m1/s1. The molecule has 2 amide bonds. The van der Waals surface area contributed by atoms with Crippen molar-refractivity contribution in [2.45, 2.75) is 25.8 Å². The van der Waals surface area contributed by atoms with Crippen LogP contribution in [0.5, 0.6) is 5.75 Å². The first kappa shape index (κ1) is 27.2. The Morgan fingerprint density at radius 2 is 1.76 bits per heavy atom. The third-order valence-corrected chi connectivity index (χ3v) is 7.09. The molecule has 1 aliphatic heterocycles. The van der Waals surface area contributed by atoms with Crippen molar-refractivity contribution >= 4 is 75.3 Å². The molecular weight excluding hydrogens is 553 g/mol. The zero-order valence-corrected chi connectivity index (χ0v) is 23.0. The van der Waals surface area contributed by atoms with Gasteiger partial charge in [0.2, 0.25) is 5.91 Å². The van der Waals surface area contributed by atoms with Crippen LogP contribution in [-0.4, -0.2) is 41.0 Å². The number of nitrogens with zero attached hydrogens (tertiary/aromatic N) is 2. The van der Waals surface area contributed by atoms with E-state index >= 15 is 0 Å². The molecule has 1 heterocycles. The van der Waals surface area contributed by atoms with E-state index in [4.69, 9.17) is 51.8 Å². The number of anilines is 2. The predicted octanol–water partition coefficient (Wildman–Crippen LogP) is 6.62. The fraction of sp³-hybridized carbons (Fsp3) is 0.222.